The smallest absolute Gasteiger partial charge is 0.254 e. The van der Waals surface area contributed by atoms with E-state index in [-0.39, 0.29) is 11.9 Å². The van der Waals surface area contributed by atoms with Crippen LogP contribution in [0.25, 0.3) is 0 Å². The standard InChI is InChI=1S/C18H28N2O4/c1-5-22-15-10-14(11-16(23-6-2)17(15)24-7-3)18(21)20-9-8-19-12-13(20)4/h10-11,13,19H,5-9,12H2,1-4H3. The van der Waals surface area contributed by atoms with Crippen molar-refractivity contribution < 1.29 is 19.0 Å². The van der Waals surface area contributed by atoms with Gasteiger partial charge in [-0.15, -0.1) is 0 Å². The normalized spacial score (nSPS) is 17.5. The van der Waals surface area contributed by atoms with Gasteiger partial charge in [0.05, 0.1) is 19.8 Å². The van der Waals surface area contributed by atoms with Crippen LogP contribution in [0.5, 0.6) is 17.2 Å². The number of piperazine rings is 1. The summed E-state index contributed by atoms with van der Waals surface area (Å²) in [7, 11) is 0. The van der Waals surface area contributed by atoms with Gasteiger partial charge in [-0.2, -0.15) is 0 Å². The summed E-state index contributed by atoms with van der Waals surface area (Å²) in [4.78, 5) is 14.8. The molecule has 1 aliphatic rings. The minimum atomic E-state index is -0.00560. The van der Waals surface area contributed by atoms with E-state index in [0.29, 0.717) is 49.2 Å². The minimum Gasteiger partial charge on any atom is -0.490 e. The highest BCUT2D eigenvalue weighted by atomic mass is 16.5. The summed E-state index contributed by atoms with van der Waals surface area (Å²) in [6.45, 7) is 11.6. The van der Waals surface area contributed by atoms with Crippen molar-refractivity contribution in [1.82, 2.24) is 10.2 Å². The molecule has 1 amide bonds. The molecule has 1 fully saturated rings. The van der Waals surface area contributed by atoms with Gasteiger partial charge in [0.25, 0.3) is 5.91 Å². The highest BCUT2D eigenvalue weighted by Gasteiger charge is 2.26. The Hall–Kier alpha value is -1.95. The van der Waals surface area contributed by atoms with Crippen molar-refractivity contribution in [2.45, 2.75) is 33.7 Å². The third-order valence-corrected chi connectivity index (χ3v) is 3.92. The average molecular weight is 336 g/mol. The van der Waals surface area contributed by atoms with E-state index in [1.807, 2.05) is 32.6 Å². The summed E-state index contributed by atoms with van der Waals surface area (Å²) in [5.41, 5.74) is 0.569. The van der Waals surface area contributed by atoms with Crippen LogP contribution in [0.2, 0.25) is 0 Å². The van der Waals surface area contributed by atoms with E-state index in [4.69, 9.17) is 14.2 Å². The van der Waals surface area contributed by atoms with E-state index >= 15 is 0 Å². The van der Waals surface area contributed by atoms with E-state index in [0.717, 1.165) is 13.1 Å². The topological polar surface area (TPSA) is 60.0 Å². The average Bonchev–Trinajstić information content (AvgIpc) is 2.58. The fraction of sp³-hybridized carbons (Fsp3) is 0.611. The molecule has 0 radical (unpaired) electrons. The fourth-order valence-electron chi connectivity index (χ4n) is 2.82. The molecule has 2 rings (SSSR count). The molecule has 1 aliphatic heterocycles. The Morgan fingerprint density at radius 2 is 1.71 bits per heavy atom. The lowest BCUT2D eigenvalue weighted by Gasteiger charge is -2.34. The Bertz CT molecular complexity index is 535. The van der Waals surface area contributed by atoms with Crippen LogP contribution in [0.15, 0.2) is 12.1 Å². The van der Waals surface area contributed by atoms with Gasteiger partial charge in [0.1, 0.15) is 0 Å². The zero-order chi connectivity index (χ0) is 17.5. The summed E-state index contributed by atoms with van der Waals surface area (Å²) in [5.74, 6) is 1.66. The lowest BCUT2D eigenvalue weighted by Crippen LogP contribution is -2.52. The zero-order valence-corrected chi connectivity index (χ0v) is 15.1. The predicted octanol–water partition coefficient (Wildman–Crippen LogP) is 2.32. The number of amides is 1. The molecule has 134 valence electrons. The molecule has 0 bridgehead atoms. The Balaban J connectivity index is 2.39. The van der Waals surface area contributed by atoms with Crippen LogP contribution >= 0.6 is 0 Å². The molecule has 0 aromatic heterocycles. The Morgan fingerprint density at radius 3 is 2.21 bits per heavy atom. The fourth-order valence-corrected chi connectivity index (χ4v) is 2.82. The molecule has 0 spiro atoms. The number of benzene rings is 1. The molecule has 1 saturated heterocycles. The highest BCUT2D eigenvalue weighted by Crippen LogP contribution is 2.39. The molecule has 1 aromatic rings. The lowest BCUT2D eigenvalue weighted by atomic mass is 10.1. The number of hydrogen-bond acceptors (Lipinski definition) is 5. The molecule has 1 aromatic carbocycles. The zero-order valence-electron chi connectivity index (χ0n) is 15.1. The van der Waals surface area contributed by atoms with E-state index < -0.39 is 0 Å². The SMILES string of the molecule is CCOc1cc(C(=O)N2CCNCC2C)cc(OCC)c1OCC. The van der Waals surface area contributed by atoms with Crippen LogP contribution in [0.3, 0.4) is 0 Å². The lowest BCUT2D eigenvalue weighted by molar-refractivity contribution is 0.0654. The first-order valence-electron chi connectivity index (χ1n) is 8.70. The molecule has 6 nitrogen and oxygen atoms in total. The summed E-state index contributed by atoms with van der Waals surface area (Å²) in [6, 6.07) is 3.67. The van der Waals surface area contributed by atoms with Crippen molar-refractivity contribution in [3.8, 4) is 17.2 Å². The maximum atomic E-state index is 12.9. The Labute approximate surface area is 144 Å². The molecule has 0 saturated carbocycles. The highest BCUT2D eigenvalue weighted by molar-refractivity contribution is 5.96. The summed E-state index contributed by atoms with van der Waals surface area (Å²) in [6.07, 6.45) is 0. The maximum absolute atomic E-state index is 12.9. The van der Waals surface area contributed by atoms with Crippen molar-refractivity contribution in [3.05, 3.63) is 17.7 Å². The molecule has 1 unspecified atom stereocenters. The summed E-state index contributed by atoms with van der Waals surface area (Å²) < 4.78 is 17.1. The van der Waals surface area contributed by atoms with Crippen LogP contribution in [-0.4, -0.2) is 56.3 Å². The van der Waals surface area contributed by atoms with Gasteiger partial charge < -0.3 is 24.4 Å². The van der Waals surface area contributed by atoms with Crippen molar-refractivity contribution >= 4 is 5.91 Å². The van der Waals surface area contributed by atoms with Crippen molar-refractivity contribution in [1.29, 1.82) is 0 Å². The van der Waals surface area contributed by atoms with Gasteiger partial charge in [-0.05, 0) is 39.8 Å². The van der Waals surface area contributed by atoms with E-state index in [2.05, 4.69) is 5.32 Å². The first-order valence-corrected chi connectivity index (χ1v) is 8.70. The van der Waals surface area contributed by atoms with Crippen LogP contribution in [-0.2, 0) is 0 Å². The molecule has 24 heavy (non-hydrogen) atoms. The molecule has 6 heteroatoms. The minimum absolute atomic E-state index is 0.00560. The third-order valence-electron chi connectivity index (χ3n) is 3.92. The van der Waals surface area contributed by atoms with Gasteiger partial charge >= 0.3 is 0 Å². The van der Waals surface area contributed by atoms with E-state index in [1.54, 1.807) is 12.1 Å². The van der Waals surface area contributed by atoms with Gasteiger partial charge in [-0.3, -0.25) is 4.79 Å². The van der Waals surface area contributed by atoms with Gasteiger partial charge in [0.15, 0.2) is 11.5 Å². The predicted molar refractivity (Wildman–Crippen MR) is 93.3 cm³/mol. The summed E-state index contributed by atoms with van der Waals surface area (Å²) in [5, 5.41) is 3.30. The molecule has 0 aliphatic carbocycles. The van der Waals surface area contributed by atoms with Gasteiger partial charge in [-0.25, -0.2) is 0 Å². The molecule has 1 heterocycles. The van der Waals surface area contributed by atoms with Crippen molar-refractivity contribution in [3.63, 3.8) is 0 Å². The second kappa shape index (κ2) is 8.78. The number of carbonyl (C=O) groups excluding carboxylic acids is 1. The van der Waals surface area contributed by atoms with Gasteiger partial charge in [0, 0.05) is 31.2 Å². The van der Waals surface area contributed by atoms with Crippen molar-refractivity contribution in [2.24, 2.45) is 0 Å². The third kappa shape index (κ3) is 4.12. The van der Waals surface area contributed by atoms with Gasteiger partial charge in [0.2, 0.25) is 5.75 Å². The molecule has 1 atom stereocenters. The van der Waals surface area contributed by atoms with Crippen LogP contribution in [0.1, 0.15) is 38.1 Å². The number of ether oxygens (including phenoxy) is 3. The Kier molecular flexibility index (Phi) is 6.73. The van der Waals surface area contributed by atoms with Crippen LogP contribution in [0.4, 0.5) is 0 Å². The monoisotopic (exact) mass is 336 g/mol. The van der Waals surface area contributed by atoms with Crippen LogP contribution < -0.4 is 19.5 Å². The quantitative estimate of drug-likeness (QED) is 0.828. The number of carbonyl (C=O) groups is 1. The Morgan fingerprint density at radius 1 is 1.12 bits per heavy atom. The van der Waals surface area contributed by atoms with Gasteiger partial charge in [-0.1, -0.05) is 0 Å². The second-order valence-corrected chi connectivity index (χ2v) is 5.65. The first-order chi connectivity index (χ1) is 11.6. The number of nitrogens with zero attached hydrogens (tertiary/aromatic N) is 1. The molecular weight excluding hydrogens is 308 g/mol. The molecule has 1 N–H and O–H groups in total. The number of nitrogens with one attached hydrogen (secondary N) is 1. The number of rotatable bonds is 7. The molecular formula is C18H28N2O4. The maximum Gasteiger partial charge on any atom is 0.254 e. The number of hydrogen-bond donors (Lipinski definition) is 1. The largest absolute Gasteiger partial charge is 0.490 e. The second-order valence-electron chi connectivity index (χ2n) is 5.65. The van der Waals surface area contributed by atoms with Crippen LogP contribution in [0, 0.1) is 0 Å². The summed E-state index contributed by atoms with van der Waals surface area (Å²) >= 11 is 0. The van der Waals surface area contributed by atoms with Crippen molar-refractivity contribution in [2.75, 3.05) is 39.5 Å². The first kappa shape index (κ1) is 18.4. The van der Waals surface area contributed by atoms with E-state index in [9.17, 15) is 4.79 Å². The van der Waals surface area contributed by atoms with E-state index in [1.165, 1.54) is 0 Å².